The second-order valence-corrected chi connectivity index (χ2v) is 7.85. The maximum atomic E-state index is 15.1. The summed E-state index contributed by atoms with van der Waals surface area (Å²) in [6.07, 6.45) is -4.31. The molecule has 10 heteroatoms. The summed E-state index contributed by atoms with van der Waals surface area (Å²) in [6.45, 7) is 4.64. The summed E-state index contributed by atoms with van der Waals surface area (Å²) in [5.41, 5.74) is -1.38. The molecular formula is C23H21F4NO5. The van der Waals surface area contributed by atoms with Crippen LogP contribution in [-0.4, -0.2) is 33.0 Å². The van der Waals surface area contributed by atoms with Crippen molar-refractivity contribution in [2.75, 3.05) is 0 Å². The molecule has 3 aromatic rings. The van der Waals surface area contributed by atoms with Crippen LogP contribution < -0.4 is 4.74 Å². The predicted molar refractivity (Wildman–Crippen MR) is 111 cm³/mol. The lowest BCUT2D eigenvalue weighted by Crippen LogP contribution is -2.33. The molecule has 2 aromatic carbocycles. The highest BCUT2D eigenvalue weighted by atomic mass is 19.4. The van der Waals surface area contributed by atoms with Crippen LogP contribution in [0.1, 0.15) is 48.3 Å². The first-order valence-electron chi connectivity index (χ1n) is 9.98. The Morgan fingerprint density at radius 3 is 2.21 bits per heavy atom. The molecule has 0 aliphatic rings. The van der Waals surface area contributed by atoms with Crippen molar-refractivity contribution in [1.29, 1.82) is 0 Å². The van der Waals surface area contributed by atoms with Gasteiger partial charge in [-0.2, -0.15) is 0 Å². The topological polar surface area (TPSA) is 88.8 Å². The first kappa shape index (κ1) is 24.1. The number of carboxylic acids is 1. The average Bonchev–Trinajstić information content (AvgIpc) is 3.02. The summed E-state index contributed by atoms with van der Waals surface area (Å²) in [6, 6.07) is 6.50. The van der Waals surface area contributed by atoms with Crippen LogP contribution in [0.5, 0.6) is 11.5 Å². The zero-order valence-corrected chi connectivity index (χ0v) is 18.0. The van der Waals surface area contributed by atoms with Gasteiger partial charge in [0.15, 0.2) is 11.6 Å². The Balaban J connectivity index is 2.24. The molecule has 0 aliphatic heterocycles. The number of aromatic nitrogens is 1. The Labute approximate surface area is 186 Å². The number of hydrogen-bond acceptors (Lipinski definition) is 4. The number of carbonyl (C=O) groups excluding carboxylic acids is 1. The van der Waals surface area contributed by atoms with E-state index in [-0.39, 0.29) is 34.1 Å². The monoisotopic (exact) mass is 467 g/mol. The molecule has 0 saturated heterocycles. The molecule has 0 saturated carbocycles. The number of carbonyl (C=O) groups is 2. The number of phenols is 1. The summed E-state index contributed by atoms with van der Waals surface area (Å²) in [4.78, 5) is 25.5. The number of alkyl halides is 3. The number of nitrogens with zero attached hydrogens (tertiary/aromatic N) is 1. The number of hydrogen-bond donors (Lipinski definition) is 2. The minimum absolute atomic E-state index is 0.0296. The molecule has 0 bridgehead atoms. The van der Waals surface area contributed by atoms with E-state index in [4.69, 9.17) is 0 Å². The van der Waals surface area contributed by atoms with Crippen molar-refractivity contribution in [2.45, 2.75) is 45.4 Å². The van der Waals surface area contributed by atoms with E-state index in [1.807, 2.05) is 0 Å². The quantitative estimate of drug-likeness (QED) is 0.466. The molecule has 2 N–H and O–H groups in total. The number of carboxylic acid groups (broad SMARTS) is 1. The van der Waals surface area contributed by atoms with Crippen LogP contribution in [-0.2, 0) is 10.2 Å². The molecule has 1 heterocycles. The van der Waals surface area contributed by atoms with E-state index < -0.39 is 41.0 Å². The lowest BCUT2D eigenvalue weighted by Gasteiger charge is -2.25. The molecule has 176 valence electrons. The Morgan fingerprint density at radius 2 is 1.70 bits per heavy atom. The van der Waals surface area contributed by atoms with Crippen LogP contribution in [0.25, 0.3) is 10.9 Å². The lowest BCUT2D eigenvalue weighted by atomic mass is 9.77. The third-order valence-corrected chi connectivity index (χ3v) is 5.60. The third-order valence-electron chi connectivity index (χ3n) is 5.60. The number of phenolic OH excluding ortho intramolecular Hbond substituents is 1. The fourth-order valence-corrected chi connectivity index (χ4v) is 4.16. The maximum absolute atomic E-state index is 15.1. The van der Waals surface area contributed by atoms with Crippen molar-refractivity contribution in [1.82, 2.24) is 4.57 Å². The van der Waals surface area contributed by atoms with E-state index in [1.165, 1.54) is 19.9 Å². The van der Waals surface area contributed by atoms with Gasteiger partial charge in [-0.1, -0.05) is 13.3 Å². The molecule has 3 rings (SSSR count). The number of halogens is 4. The van der Waals surface area contributed by atoms with Crippen molar-refractivity contribution in [3.05, 3.63) is 59.0 Å². The highest BCUT2D eigenvalue weighted by Gasteiger charge is 2.41. The molecule has 0 unspecified atom stereocenters. The molecule has 1 atom stereocenters. The van der Waals surface area contributed by atoms with Crippen LogP contribution in [0.2, 0.25) is 0 Å². The van der Waals surface area contributed by atoms with Gasteiger partial charge in [0.25, 0.3) is 5.91 Å². The van der Waals surface area contributed by atoms with Gasteiger partial charge in [-0.3, -0.25) is 14.2 Å². The SMILES string of the molecule is CCC[C@@](C)(C(=O)O)c1c(C)n(C(=O)c2ccc(OC(F)(F)F)cc2)c2ccc(O)c(F)c12. The highest BCUT2D eigenvalue weighted by molar-refractivity contribution is 6.06. The van der Waals surface area contributed by atoms with E-state index in [1.54, 1.807) is 6.92 Å². The molecular weight excluding hydrogens is 446 g/mol. The summed E-state index contributed by atoms with van der Waals surface area (Å²) >= 11 is 0. The number of ether oxygens (including phenoxy) is 1. The maximum Gasteiger partial charge on any atom is 0.573 e. The standard InChI is InChI=1S/C23H21F4NO5/c1-4-11-22(3,21(31)32)18-12(2)28(15-9-10-16(29)19(24)17(15)18)20(30)13-5-7-14(8-6-13)33-23(25,26)27/h5-10,29H,4,11H2,1-3H3,(H,31,32)/t22-/m1/s1. The molecule has 1 aromatic heterocycles. The summed E-state index contributed by atoms with van der Waals surface area (Å²) in [5.74, 6) is -4.22. The van der Waals surface area contributed by atoms with Crippen LogP contribution >= 0.6 is 0 Å². The Bertz CT molecular complexity index is 1230. The highest BCUT2D eigenvalue weighted by Crippen LogP contribution is 2.42. The fourth-order valence-electron chi connectivity index (χ4n) is 4.16. The second-order valence-electron chi connectivity index (χ2n) is 7.85. The largest absolute Gasteiger partial charge is 0.573 e. The molecule has 0 amide bonds. The van der Waals surface area contributed by atoms with Crippen LogP contribution in [0, 0.1) is 12.7 Å². The molecule has 0 aliphatic carbocycles. The Hall–Kier alpha value is -3.56. The van der Waals surface area contributed by atoms with E-state index in [2.05, 4.69) is 4.74 Å². The van der Waals surface area contributed by atoms with E-state index in [9.17, 15) is 33.0 Å². The van der Waals surface area contributed by atoms with Gasteiger partial charge >= 0.3 is 12.3 Å². The molecule has 0 fully saturated rings. The normalized spacial score (nSPS) is 13.7. The second kappa shape index (κ2) is 8.42. The number of rotatable bonds is 6. The lowest BCUT2D eigenvalue weighted by molar-refractivity contribution is -0.274. The van der Waals surface area contributed by atoms with Crippen molar-refractivity contribution in [2.24, 2.45) is 0 Å². The van der Waals surface area contributed by atoms with E-state index in [0.717, 1.165) is 34.9 Å². The van der Waals surface area contributed by atoms with Gasteiger partial charge in [0.2, 0.25) is 0 Å². The van der Waals surface area contributed by atoms with Crippen molar-refractivity contribution in [3.8, 4) is 11.5 Å². The Morgan fingerprint density at radius 1 is 1.09 bits per heavy atom. The van der Waals surface area contributed by atoms with Crippen molar-refractivity contribution >= 4 is 22.8 Å². The summed E-state index contributed by atoms with van der Waals surface area (Å²) in [5, 5.41) is 19.7. The van der Waals surface area contributed by atoms with Gasteiger partial charge in [-0.05, 0) is 56.7 Å². The molecule has 6 nitrogen and oxygen atoms in total. The zero-order valence-electron chi connectivity index (χ0n) is 18.0. The van der Waals surface area contributed by atoms with Gasteiger partial charge in [0.1, 0.15) is 5.75 Å². The van der Waals surface area contributed by atoms with Gasteiger partial charge in [0.05, 0.1) is 10.9 Å². The van der Waals surface area contributed by atoms with Crippen molar-refractivity contribution in [3.63, 3.8) is 0 Å². The fraction of sp³-hybridized carbons (Fsp3) is 0.304. The zero-order chi connectivity index (χ0) is 24.7. The molecule has 0 spiro atoms. The van der Waals surface area contributed by atoms with Crippen LogP contribution in [0.4, 0.5) is 17.6 Å². The number of aliphatic carboxylic acids is 1. The van der Waals surface area contributed by atoms with Gasteiger partial charge < -0.3 is 14.9 Å². The number of fused-ring (bicyclic) bond motifs is 1. The summed E-state index contributed by atoms with van der Waals surface area (Å²) < 4.78 is 57.2. The average molecular weight is 467 g/mol. The molecule has 33 heavy (non-hydrogen) atoms. The number of aromatic hydroxyl groups is 1. The van der Waals surface area contributed by atoms with Crippen molar-refractivity contribution < 1.29 is 42.1 Å². The van der Waals surface area contributed by atoms with Crippen LogP contribution in [0.3, 0.4) is 0 Å². The van der Waals surface area contributed by atoms with E-state index >= 15 is 4.39 Å². The summed E-state index contributed by atoms with van der Waals surface area (Å²) in [7, 11) is 0. The minimum Gasteiger partial charge on any atom is -0.505 e. The predicted octanol–water partition coefficient (Wildman–Crippen LogP) is 5.52. The third kappa shape index (κ3) is 4.24. The first-order valence-corrected chi connectivity index (χ1v) is 9.98. The van der Waals surface area contributed by atoms with Gasteiger partial charge in [-0.25, -0.2) is 4.39 Å². The van der Waals surface area contributed by atoms with E-state index in [0.29, 0.717) is 6.42 Å². The van der Waals surface area contributed by atoms with Gasteiger partial charge in [-0.15, -0.1) is 13.2 Å². The number of benzene rings is 2. The van der Waals surface area contributed by atoms with Crippen LogP contribution in [0.15, 0.2) is 36.4 Å². The van der Waals surface area contributed by atoms with Gasteiger partial charge in [0, 0.05) is 22.2 Å². The minimum atomic E-state index is -4.90. The molecule has 0 radical (unpaired) electrons. The first-order chi connectivity index (χ1) is 15.3. The Kier molecular flexibility index (Phi) is 6.14. The smallest absolute Gasteiger partial charge is 0.505 e.